The molecule has 1 aromatic carbocycles. The number of benzene rings is 1. The van der Waals surface area contributed by atoms with Gasteiger partial charge in [-0.2, -0.15) is 0 Å². The first kappa shape index (κ1) is 16.8. The van der Waals surface area contributed by atoms with Crippen molar-refractivity contribution in [3.8, 4) is 0 Å². The molecule has 0 radical (unpaired) electrons. The van der Waals surface area contributed by atoms with Crippen molar-refractivity contribution in [2.24, 2.45) is 0 Å². The Morgan fingerprint density at radius 2 is 1.91 bits per heavy atom. The molecule has 0 aliphatic heterocycles. The van der Waals surface area contributed by atoms with E-state index in [2.05, 4.69) is 26.6 Å². The molecule has 0 heterocycles. The summed E-state index contributed by atoms with van der Waals surface area (Å²) in [5, 5.41) is 4.71. The third kappa shape index (κ3) is 6.48. The van der Waals surface area contributed by atoms with E-state index in [0.29, 0.717) is 0 Å². The van der Waals surface area contributed by atoms with Crippen LogP contribution in [0, 0.1) is 0 Å². The minimum Gasteiger partial charge on any atom is -0.455 e. The van der Waals surface area contributed by atoms with Crippen molar-refractivity contribution < 1.29 is 19.1 Å². The number of carbonyl (C=O) groups is 3. The van der Waals surface area contributed by atoms with Gasteiger partial charge in [0.15, 0.2) is 6.61 Å². The number of carbonyl (C=O) groups excluding carboxylic acids is 3. The van der Waals surface area contributed by atoms with Gasteiger partial charge in [-0.25, -0.2) is 4.79 Å². The van der Waals surface area contributed by atoms with Gasteiger partial charge in [0, 0.05) is 15.4 Å². The van der Waals surface area contributed by atoms with Gasteiger partial charge in [0.2, 0.25) is 0 Å². The highest BCUT2D eigenvalue weighted by molar-refractivity contribution is 9.10. The van der Waals surface area contributed by atoms with Crippen LogP contribution in [0.4, 0.5) is 4.79 Å². The Labute approximate surface area is 140 Å². The molecule has 0 unspecified atom stereocenters. The maximum atomic E-state index is 11.5. The fraction of sp³-hybridized carbons (Fsp3) is 0.357. The molecular formula is C14H15BrN2O4S. The molecule has 0 aromatic heterocycles. The van der Waals surface area contributed by atoms with Crippen molar-refractivity contribution in [1.29, 1.82) is 0 Å². The van der Waals surface area contributed by atoms with E-state index in [9.17, 15) is 14.4 Å². The Bertz CT molecular complexity index is 560. The summed E-state index contributed by atoms with van der Waals surface area (Å²) in [6, 6.07) is 7.11. The van der Waals surface area contributed by atoms with E-state index >= 15 is 0 Å². The van der Waals surface area contributed by atoms with Crippen LogP contribution in [0.25, 0.3) is 0 Å². The zero-order valence-electron chi connectivity index (χ0n) is 11.6. The summed E-state index contributed by atoms with van der Waals surface area (Å²) in [5.41, 5.74) is 0. The molecular weight excluding hydrogens is 372 g/mol. The summed E-state index contributed by atoms with van der Waals surface area (Å²) in [5.74, 6) is -1.05. The van der Waals surface area contributed by atoms with Crippen LogP contribution >= 0.6 is 27.7 Å². The van der Waals surface area contributed by atoms with Crippen LogP contribution in [0.5, 0.6) is 0 Å². The van der Waals surface area contributed by atoms with Crippen molar-refractivity contribution in [3.63, 3.8) is 0 Å². The zero-order chi connectivity index (χ0) is 15.9. The zero-order valence-corrected chi connectivity index (χ0v) is 14.0. The van der Waals surface area contributed by atoms with E-state index in [1.807, 2.05) is 24.3 Å². The second kappa shape index (κ2) is 8.19. The molecule has 8 heteroatoms. The van der Waals surface area contributed by atoms with Crippen LogP contribution in [0.2, 0.25) is 0 Å². The Hall–Kier alpha value is -1.54. The van der Waals surface area contributed by atoms with Crippen LogP contribution < -0.4 is 10.6 Å². The SMILES string of the molecule is O=C(COC(=O)CSc1ccc(Br)cc1)NC(=O)NC1CC1. The number of halogens is 1. The third-order valence-electron chi connectivity index (χ3n) is 2.70. The Balaban J connectivity index is 1.61. The number of hydrogen-bond donors (Lipinski definition) is 2. The standard InChI is InChI=1S/C14H15BrN2O4S/c15-9-1-5-11(6-2-9)22-8-13(19)21-7-12(18)17-14(20)16-10-3-4-10/h1-2,5-6,10H,3-4,7-8H2,(H2,16,17,18,20). The van der Waals surface area contributed by atoms with E-state index in [-0.39, 0.29) is 11.8 Å². The third-order valence-corrected chi connectivity index (χ3v) is 4.21. The van der Waals surface area contributed by atoms with E-state index in [1.54, 1.807) is 0 Å². The molecule has 1 aromatic rings. The fourth-order valence-electron chi connectivity index (χ4n) is 1.47. The first-order valence-corrected chi connectivity index (χ1v) is 8.45. The molecule has 0 bridgehead atoms. The largest absolute Gasteiger partial charge is 0.455 e. The van der Waals surface area contributed by atoms with Crippen molar-refractivity contribution in [2.45, 2.75) is 23.8 Å². The molecule has 118 valence electrons. The van der Waals surface area contributed by atoms with Crippen molar-refractivity contribution in [1.82, 2.24) is 10.6 Å². The molecule has 2 rings (SSSR count). The topological polar surface area (TPSA) is 84.5 Å². The molecule has 3 amide bonds. The first-order valence-electron chi connectivity index (χ1n) is 6.67. The monoisotopic (exact) mass is 386 g/mol. The summed E-state index contributed by atoms with van der Waals surface area (Å²) in [4.78, 5) is 35.2. The molecule has 22 heavy (non-hydrogen) atoms. The number of nitrogens with one attached hydrogen (secondary N) is 2. The number of ether oxygens (including phenoxy) is 1. The molecule has 6 nitrogen and oxygen atoms in total. The van der Waals surface area contributed by atoms with Crippen LogP contribution in [0.3, 0.4) is 0 Å². The average Bonchev–Trinajstić information content (AvgIpc) is 3.28. The maximum Gasteiger partial charge on any atom is 0.321 e. The average molecular weight is 387 g/mol. The molecule has 2 N–H and O–H groups in total. The van der Waals surface area contributed by atoms with Gasteiger partial charge in [-0.15, -0.1) is 11.8 Å². The Kier molecular flexibility index (Phi) is 6.26. The van der Waals surface area contributed by atoms with Gasteiger partial charge in [0.1, 0.15) is 0 Å². The predicted octanol–water partition coefficient (Wildman–Crippen LogP) is 2.07. The Morgan fingerprint density at radius 1 is 1.23 bits per heavy atom. The first-order chi connectivity index (χ1) is 10.5. The normalized spacial score (nSPS) is 13.3. The second-order valence-electron chi connectivity index (χ2n) is 4.70. The number of esters is 1. The summed E-state index contributed by atoms with van der Waals surface area (Å²) in [6.07, 6.45) is 1.87. The predicted molar refractivity (Wildman–Crippen MR) is 85.5 cm³/mol. The van der Waals surface area contributed by atoms with E-state index in [1.165, 1.54) is 11.8 Å². The van der Waals surface area contributed by atoms with Gasteiger partial charge < -0.3 is 10.1 Å². The second-order valence-corrected chi connectivity index (χ2v) is 6.66. The number of imide groups is 1. The Morgan fingerprint density at radius 3 is 2.55 bits per heavy atom. The minimum absolute atomic E-state index is 0.100. The van der Waals surface area contributed by atoms with E-state index in [0.717, 1.165) is 22.2 Å². The lowest BCUT2D eigenvalue weighted by Gasteiger charge is -2.06. The summed E-state index contributed by atoms with van der Waals surface area (Å²) in [7, 11) is 0. The quantitative estimate of drug-likeness (QED) is 0.577. The lowest BCUT2D eigenvalue weighted by Crippen LogP contribution is -2.42. The molecule has 1 fully saturated rings. The number of rotatable bonds is 6. The summed E-state index contributed by atoms with van der Waals surface area (Å²) < 4.78 is 5.77. The maximum absolute atomic E-state index is 11.5. The number of amides is 3. The highest BCUT2D eigenvalue weighted by Gasteiger charge is 2.24. The van der Waals surface area contributed by atoms with E-state index < -0.39 is 24.5 Å². The number of urea groups is 1. The molecule has 1 aliphatic carbocycles. The van der Waals surface area contributed by atoms with Crippen molar-refractivity contribution in [2.75, 3.05) is 12.4 Å². The van der Waals surface area contributed by atoms with Crippen molar-refractivity contribution >= 4 is 45.6 Å². The molecule has 0 saturated heterocycles. The summed E-state index contributed by atoms with van der Waals surface area (Å²) in [6.45, 7) is -0.460. The van der Waals surface area contributed by atoms with Crippen LogP contribution in [0.1, 0.15) is 12.8 Å². The van der Waals surface area contributed by atoms with Gasteiger partial charge in [0.05, 0.1) is 5.75 Å². The molecule has 1 aliphatic rings. The van der Waals surface area contributed by atoms with Gasteiger partial charge in [-0.1, -0.05) is 15.9 Å². The highest BCUT2D eigenvalue weighted by atomic mass is 79.9. The van der Waals surface area contributed by atoms with Crippen LogP contribution in [-0.2, 0) is 14.3 Å². The molecule has 1 saturated carbocycles. The smallest absolute Gasteiger partial charge is 0.321 e. The van der Waals surface area contributed by atoms with E-state index in [4.69, 9.17) is 4.74 Å². The van der Waals surface area contributed by atoms with Crippen LogP contribution in [0.15, 0.2) is 33.6 Å². The number of hydrogen-bond acceptors (Lipinski definition) is 5. The molecule has 0 atom stereocenters. The lowest BCUT2D eigenvalue weighted by molar-refractivity contribution is -0.145. The van der Waals surface area contributed by atoms with Gasteiger partial charge in [-0.05, 0) is 37.1 Å². The van der Waals surface area contributed by atoms with Crippen molar-refractivity contribution in [3.05, 3.63) is 28.7 Å². The summed E-state index contributed by atoms with van der Waals surface area (Å²) >= 11 is 4.64. The van der Waals surface area contributed by atoms with Gasteiger partial charge in [0.25, 0.3) is 5.91 Å². The molecule has 0 spiro atoms. The number of thioether (sulfide) groups is 1. The van der Waals surface area contributed by atoms with Gasteiger partial charge >= 0.3 is 12.0 Å². The van der Waals surface area contributed by atoms with Gasteiger partial charge in [-0.3, -0.25) is 14.9 Å². The minimum atomic E-state index is -0.639. The highest BCUT2D eigenvalue weighted by Crippen LogP contribution is 2.20. The lowest BCUT2D eigenvalue weighted by atomic mass is 10.4. The van der Waals surface area contributed by atoms with Crippen LogP contribution in [-0.4, -0.2) is 36.3 Å². The fourth-order valence-corrected chi connectivity index (χ4v) is 2.43.